The van der Waals surface area contributed by atoms with E-state index in [0.29, 0.717) is 19.0 Å². The summed E-state index contributed by atoms with van der Waals surface area (Å²) >= 11 is 0. The van der Waals surface area contributed by atoms with E-state index < -0.39 is 14.6 Å². The molecule has 130 valence electrons. The summed E-state index contributed by atoms with van der Waals surface area (Å²) in [6.07, 6.45) is 4.87. The molecule has 0 aromatic carbocycles. The quantitative estimate of drug-likeness (QED) is 0.599. The lowest BCUT2D eigenvalue weighted by Gasteiger charge is -2.39. The minimum Gasteiger partial charge on any atom is -0.356 e. The van der Waals surface area contributed by atoms with Gasteiger partial charge in [0.05, 0.1) is 10.5 Å². The summed E-state index contributed by atoms with van der Waals surface area (Å²) < 4.78 is 23.5. The predicted octanol–water partition coefficient (Wildman–Crippen LogP) is 2.29. The maximum Gasteiger partial charge on any atom is 0.193 e. The average molecular weight is 332 g/mol. The van der Waals surface area contributed by atoms with Gasteiger partial charge in [-0.1, -0.05) is 33.1 Å². The van der Waals surface area contributed by atoms with Gasteiger partial charge in [-0.05, 0) is 26.2 Å². The van der Waals surface area contributed by atoms with Crippen LogP contribution in [0.3, 0.4) is 0 Å². The molecule has 5 nitrogen and oxygen atoms in total. The van der Waals surface area contributed by atoms with Gasteiger partial charge in [0.25, 0.3) is 0 Å². The summed E-state index contributed by atoms with van der Waals surface area (Å²) in [5, 5.41) is 3.45. The molecule has 0 aromatic heterocycles. The Bertz CT molecular complexity index is 472. The van der Waals surface area contributed by atoms with Crippen LogP contribution in [0.2, 0.25) is 0 Å². The molecule has 1 heterocycles. The topological polar surface area (TPSA) is 61.8 Å². The molecule has 1 N–H and O–H groups in total. The van der Waals surface area contributed by atoms with Crippen LogP contribution in [-0.4, -0.2) is 56.5 Å². The van der Waals surface area contributed by atoms with E-state index in [4.69, 9.17) is 0 Å². The molecule has 1 rings (SSSR count). The second kappa shape index (κ2) is 8.18. The Kier molecular flexibility index (Phi) is 7.16. The minimum absolute atomic E-state index is 0.202. The second-order valence-corrected chi connectivity index (χ2v) is 9.59. The molecule has 0 amide bonds. The molecule has 0 bridgehead atoms. The Hall–Kier alpha value is -0.780. The number of aliphatic imine (C=N–C) groups is 1. The third-order valence-corrected chi connectivity index (χ3v) is 7.18. The van der Waals surface area contributed by atoms with Crippen LogP contribution in [0.1, 0.15) is 53.4 Å². The van der Waals surface area contributed by atoms with Crippen molar-refractivity contribution in [3.63, 3.8) is 0 Å². The molecule has 1 saturated heterocycles. The largest absolute Gasteiger partial charge is 0.356 e. The van der Waals surface area contributed by atoms with Gasteiger partial charge in [-0.3, -0.25) is 4.99 Å². The van der Waals surface area contributed by atoms with Crippen LogP contribution in [0.4, 0.5) is 0 Å². The number of nitrogens with one attached hydrogen (secondary N) is 1. The minimum atomic E-state index is -3.01. The number of nitrogens with zero attached hydrogens (tertiary/aromatic N) is 2. The monoisotopic (exact) mass is 331 g/mol. The molecule has 0 radical (unpaired) electrons. The third-order valence-electron chi connectivity index (χ3n) is 4.65. The van der Waals surface area contributed by atoms with Crippen LogP contribution in [-0.2, 0) is 9.84 Å². The zero-order valence-electron chi connectivity index (χ0n) is 14.9. The van der Waals surface area contributed by atoms with Gasteiger partial charge >= 0.3 is 0 Å². The number of unbranched alkanes of at least 4 members (excludes halogenated alkanes) is 1. The van der Waals surface area contributed by atoms with Crippen LogP contribution in [0.5, 0.6) is 0 Å². The summed E-state index contributed by atoms with van der Waals surface area (Å²) in [4.78, 5) is 6.43. The van der Waals surface area contributed by atoms with E-state index >= 15 is 0 Å². The molecule has 1 fully saturated rings. The molecule has 0 spiro atoms. The van der Waals surface area contributed by atoms with Crippen LogP contribution in [0, 0.1) is 5.92 Å². The summed E-state index contributed by atoms with van der Waals surface area (Å²) in [5.74, 6) is 1.68. The molecular formula is C16H33N3O2S. The number of hydrogen-bond acceptors (Lipinski definition) is 3. The van der Waals surface area contributed by atoms with Gasteiger partial charge in [0.2, 0.25) is 0 Å². The summed E-state index contributed by atoms with van der Waals surface area (Å²) in [6.45, 7) is 9.98. The third kappa shape index (κ3) is 4.86. The van der Waals surface area contributed by atoms with E-state index in [1.807, 2.05) is 0 Å². The van der Waals surface area contributed by atoms with Crippen molar-refractivity contribution < 1.29 is 8.42 Å². The lowest BCUT2D eigenvalue weighted by Crippen LogP contribution is -2.57. The second-order valence-electron chi connectivity index (χ2n) is 6.84. The van der Waals surface area contributed by atoms with Gasteiger partial charge in [0.1, 0.15) is 0 Å². The first-order valence-corrected chi connectivity index (χ1v) is 10.1. The Morgan fingerprint density at radius 1 is 1.36 bits per heavy atom. The van der Waals surface area contributed by atoms with Crippen molar-refractivity contribution in [1.82, 2.24) is 10.2 Å². The zero-order valence-corrected chi connectivity index (χ0v) is 15.7. The SMILES string of the molecule is CCCCC(CC)CNC(=NC)N1CCS(=O)(=O)C(C)(C)C1. The number of guanidine groups is 1. The van der Waals surface area contributed by atoms with Crippen molar-refractivity contribution in [1.29, 1.82) is 0 Å². The summed E-state index contributed by atoms with van der Waals surface area (Å²) in [6, 6.07) is 0. The van der Waals surface area contributed by atoms with E-state index in [-0.39, 0.29) is 5.75 Å². The van der Waals surface area contributed by atoms with Crippen LogP contribution in [0.25, 0.3) is 0 Å². The summed E-state index contributed by atoms with van der Waals surface area (Å²) in [7, 11) is -1.24. The highest BCUT2D eigenvalue weighted by molar-refractivity contribution is 7.92. The fraction of sp³-hybridized carbons (Fsp3) is 0.938. The van der Waals surface area contributed by atoms with Gasteiger partial charge in [0.15, 0.2) is 15.8 Å². The smallest absolute Gasteiger partial charge is 0.193 e. The van der Waals surface area contributed by atoms with Crippen molar-refractivity contribution in [2.24, 2.45) is 10.9 Å². The highest BCUT2D eigenvalue weighted by atomic mass is 32.2. The van der Waals surface area contributed by atoms with Gasteiger partial charge < -0.3 is 10.2 Å². The molecule has 1 unspecified atom stereocenters. The summed E-state index contributed by atoms with van der Waals surface area (Å²) in [5.41, 5.74) is 0. The van der Waals surface area contributed by atoms with Crippen LogP contribution >= 0.6 is 0 Å². The molecular weight excluding hydrogens is 298 g/mol. The lowest BCUT2D eigenvalue weighted by atomic mass is 9.99. The molecule has 1 atom stereocenters. The Balaban J connectivity index is 2.62. The first-order valence-electron chi connectivity index (χ1n) is 8.45. The molecule has 0 aromatic rings. The predicted molar refractivity (Wildman–Crippen MR) is 94.1 cm³/mol. The van der Waals surface area contributed by atoms with Crippen molar-refractivity contribution in [2.45, 2.75) is 58.1 Å². The molecule has 1 aliphatic rings. The fourth-order valence-corrected chi connectivity index (χ4v) is 4.20. The average Bonchev–Trinajstić information content (AvgIpc) is 2.46. The maximum atomic E-state index is 12.1. The Morgan fingerprint density at radius 2 is 2.05 bits per heavy atom. The lowest BCUT2D eigenvalue weighted by molar-refractivity contribution is 0.347. The van der Waals surface area contributed by atoms with Crippen molar-refractivity contribution >= 4 is 15.8 Å². The molecule has 22 heavy (non-hydrogen) atoms. The van der Waals surface area contributed by atoms with E-state index in [0.717, 1.165) is 18.9 Å². The molecule has 1 aliphatic heterocycles. The number of rotatable bonds is 6. The number of sulfone groups is 1. The maximum absolute atomic E-state index is 12.1. The van der Waals surface area contributed by atoms with Gasteiger partial charge in [0, 0.05) is 26.7 Å². The first kappa shape index (κ1) is 19.3. The van der Waals surface area contributed by atoms with E-state index in [1.54, 1.807) is 20.9 Å². The van der Waals surface area contributed by atoms with E-state index in [9.17, 15) is 8.42 Å². The first-order chi connectivity index (χ1) is 10.3. The molecule has 0 saturated carbocycles. The Labute approximate surface area is 136 Å². The number of hydrogen-bond donors (Lipinski definition) is 1. The van der Waals surface area contributed by atoms with Crippen molar-refractivity contribution in [2.75, 3.05) is 32.4 Å². The van der Waals surface area contributed by atoms with Crippen LogP contribution < -0.4 is 5.32 Å². The standard InChI is InChI=1S/C16H33N3O2S/c1-6-8-9-14(7-2)12-18-15(17-5)19-10-11-22(20,21)16(3,4)13-19/h14H,6-13H2,1-5H3,(H,17,18). The highest BCUT2D eigenvalue weighted by Crippen LogP contribution is 2.23. The fourth-order valence-electron chi connectivity index (χ4n) is 2.84. The zero-order chi connectivity index (χ0) is 16.8. The molecule has 0 aliphatic carbocycles. The Morgan fingerprint density at radius 3 is 2.55 bits per heavy atom. The van der Waals surface area contributed by atoms with Gasteiger partial charge in [-0.15, -0.1) is 0 Å². The van der Waals surface area contributed by atoms with Gasteiger partial charge in [-0.2, -0.15) is 0 Å². The van der Waals surface area contributed by atoms with E-state index in [1.165, 1.54) is 19.3 Å². The van der Waals surface area contributed by atoms with E-state index in [2.05, 4.69) is 29.1 Å². The van der Waals surface area contributed by atoms with Crippen molar-refractivity contribution in [3.8, 4) is 0 Å². The molecule has 6 heteroatoms. The normalized spacial score (nSPS) is 22.4. The van der Waals surface area contributed by atoms with Crippen molar-refractivity contribution in [3.05, 3.63) is 0 Å². The highest BCUT2D eigenvalue weighted by Gasteiger charge is 2.40. The van der Waals surface area contributed by atoms with Crippen LogP contribution in [0.15, 0.2) is 4.99 Å². The van der Waals surface area contributed by atoms with Gasteiger partial charge in [-0.25, -0.2) is 8.42 Å².